The molecule has 4 rings (SSSR count). The van der Waals surface area contributed by atoms with Crippen molar-refractivity contribution in [3.05, 3.63) is 70.2 Å². The van der Waals surface area contributed by atoms with Gasteiger partial charge in [-0.05, 0) is 48.9 Å². The van der Waals surface area contributed by atoms with Gasteiger partial charge in [-0.15, -0.1) is 0 Å². The molecule has 0 unspecified atom stereocenters. The highest BCUT2D eigenvalue weighted by molar-refractivity contribution is 9.10. The normalized spacial score (nSPS) is 14.7. The molecule has 2 aromatic carbocycles. The van der Waals surface area contributed by atoms with E-state index in [9.17, 15) is 4.79 Å². The summed E-state index contributed by atoms with van der Waals surface area (Å²) in [7, 11) is 0. The molecule has 0 atom stereocenters. The summed E-state index contributed by atoms with van der Waals surface area (Å²) in [5, 5.41) is 1.19. The zero-order chi connectivity index (χ0) is 18.1. The molecular formula is C21H20BrN3O. The molecule has 2 heterocycles. The predicted molar refractivity (Wildman–Crippen MR) is 109 cm³/mol. The maximum atomic E-state index is 12.7. The maximum absolute atomic E-state index is 12.7. The third kappa shape index (κ3) is 3.31. The Hall–Kier alpha value is -2.40. The lowest BCUT2D eigenvalue weighted by Gasteiger charge is -2.35. The number of hydrogen-bond donors (Lipinski definition) is 0. The van der Waals surface area contributed by atoms with Crippen LogP contribution >= 0.6 is 15.9 Å². The standard InChI is InChI=1S/C21H20BrN3O/c1-15-14-20(23-19-5-3-2-4-18(15)19)24-10-12-25(13-11-24)21(26)16-6-8-17(22)9-7-16/h2-9,14H,10-13H2,1H3. The topological polar surface area (TPSA) is 36.4 Å². The smallest absolute Gasteiger partial charge is 0.253 e. The molecule has 5 heteroatoms. The van der Waals surface area contributed by atoms with Crippen molar-refractivity contribution in [2.75, 3.05) is 31.1 Å². The number of benzene rings is 2. The summed E-state index contributed by atoms with van der Waals surface area (Å²) in [5.41, 5.74) is 3.00. The van der Waals surface area contributed by atoms with Crippen LogP contribution in [0, 0.1) is 6.92 Å². The van der Waals surface area contributed by atoms with E-state index in [0.717, 1.165) is 34.5 Å². The van der Waals surface area contributed by atoms with Gasteiger partial charge in [-0.3, -0.25) is 4.79 Å². The maximum Gasteiger partial charge on any atom is 0.253 e. The largest absolute Gasteiger partial charge is 0.353 e. The molecule has 1 aromatic heterocycles. The molecule has 1 amide bonds. The number of carbonyl (C=O) groups is 1. The molecule has 0 spiro atoms. The van der Waals surface area contributed by atoms with Gasteiger partial charge < -0.3 is 9.80 Å². The van der Waals surface area contributed by atoms with Crippen LogP contribution in [0.3, 0.4) is 0 Å². The highest BCUT2D eigenvalue weighted by atomic mass is 79.9. The second-order valence-electron chi connectivity index (χ2n) is 6.60. The summed E-state index contributed by atoms with van der Waals surface area (Å²) in [4.78, 5) is 21.7. The van der Waals surface area contributed by atoms with Crippen LogP contribution in [0.1, 0.15) is 15.9 Å². The zero-order valence-electron chi connectivity index (χ0n) is 14.7. The number of amides is 1. The number of piperazine rings is 1. The fraction of sp³-hybridized carbons (Fsp3) is 0.238. The number of fused-ring (bicyclic) bond motifs is 1. The van der Waals surface area contributed by atoms with E-state index in [1.165, 1.54) is 10.9 Å². The van der Waals surface area contributed by atoms with E-state index in [1.54, 1.807) is 0 Å². The van der Waals surface area contributed by atoms with E-state index < -0.39 is 0 Å². The molecule has 0 radical (unpaired) electrons. The molecule has 0 aliphatic carbocycles. The molecule has 132 valence electrons. The van der Waals surface area contributed by atoms with Crippen LogP contribution in [0.2, 0.25) is 0 Å². The third-order valence-corrected chi connectivity index (χ3v) is 5.42. The first-order valence-electron chi connectivity index (χ1n) is 8.78. The number of pyridine rings is 1. The van der Waals surface area contributed by atoms with Crippen molar-refractivity contribution in [3.8, 4) is 0 Å². The Kier molecular flexibility index (Phi) is 4.64. The number of hydrogen-bond acceptors (Lipinski definition) is 3. The average molecular weight is 410 g/mol. The highest BCUT2D eigenvalue weighted by Crippen LogP contribution is 2.23. The summed E-state index contributed by atoms with van der Waals surface area (Å²) in [5.74, 6) is 1.09. The van der Waals surface area contributed by atoms with Gasteiger partial charge in [-0.2, -0.15) is 0 Å². The Morgan fingerprint density at radius 3 is 2.42 bits per heavy atom. The number of aryl methyl sites for hydroxylation is 1. The monoisotopic (exact) mass is 409 g/mol. The molecule has 4 nitrogen and oxygen atoms in total. The lowest BCUT2D eigenvalue weighted by molar-refractivity contribution is 0.0746. The second kappa shape index (κ2) is 7.08. The average Bonchev–Trinajstić information content (AvgIpc) is 2.68. The number of nitrogens with zero attached hydrogens (tertiary/aromatic N) is 3. The van der Waals surface area contributed by atoms with Crippen LogP contribution in [0.25, 0.3) is 10.9 Å². The van der Waals surface area contributed by atoms with E-state index in [4.69, 9.17) is 4.98 Å². The minimum atomic E-state index is 0.0970. The minimum Gasteiger partial charge on any atom is -0.353 e. The first-order chi connectivity index (χ1) is 12.6. The molecule has 0 bridgehead atoms. The van der Waals surface area contributed by atoms with Crippen molar-refractivity contribution in [3.63, 3.8) is 0 Å². The fourth-order valence-corrected chi connectivity index (χ4v) is 3.67. The fourth-order valence-electron chi connectivity index (χ4n) is 3.41. The van der Waals surface area contributed by atoms with Crippen molar-refractivity contribution in [2.45, 2.75) is 6.92 Å². The van der Waals surface area contributed by atoms with Gasteiger partial charge in [0.25, 0.3) is 5.91 Å². The van der Waals surface area contributed by atoms with Crippen molar-refractivity contribution >= 4 is 38.6 Å². The van der Waals surface area contributed by atoms with Crippen LogP contribution in [0.5, 0.6) is 0 Å². The number of para-hydroxylation sites is 1. The summed E-state index contributed by atoms with van der Waals surface area (Å²) < 4.78 is 0.983. The SMILES string of the molecule is Cc1cc(N2CCN(C(=O)c3ccc(Br)cc3)CC2)nc2ccccc12. The lowest BCUT2D eigenvalue weighted by Crippen LogP contribution is -2.49. The first-order valence-corrected chi connectivity index (χ1v) is 9.57. The summed E-state index contributed by atoms with van der Waals surface area (Å²) in [6.07, 6.45) is 0. The van der Waals surface area contributed by atoms with E-state index in [-0.39, 0.29) is 5.91 Å². The van der Waals surface area contributed by atoms with Gasteiger partial charge in [0.15, 0.2) is 0 Å². The number of aromatic nitrogens is 1. The van der Waals surface area contributed by atoms with Gasteiger partial charge in [0, 0.05) is 41.6 Å². The minimum absolute atomic E-state index is 0.0970. The number of rotatable bonds is 2. The molecule has 1 aliphatic heterocycles. The summed E-state index contributed by atoms with van der Waals surface area (Å²) >= 11 is 3.41. The van der Waals surface area contributed by atoms with Gasteiger partial charge in [0.05, 0.1) is 5.52 Å². The quantitative estimate of drug-likeness (QED) is 0.633. The van der Waals surface area contributed by atoms with Crippen LogP contribution in [0.4, 0.5) is 5.82 Å². The van der Waals surface area contributed by atoms with Crippen LogP contribution in [-0.4, -0.2) is 42.0 Å². The summed E-state index contributed by atoms with van der Waals surface area (Å²) in [6.45, 7) is 5.14. The van der Waals surface area contributed by atoms with Crippen LogP contribution < -0.4 is 4.90 Å². The lowest BCUT2D eigenvalue weighted by atomic mass is 10.1. The Morgan fingerprint density at radius 1 is 1.00 bits per heavy atom. The van der Waals surface area contributed by atoms with Gasteiger partial charge in [-0.1, -0.05) is 34.1 Å². The van der Waals surface area contributed by atoms with Gasteiger partial charge in [-0.25, -0.2) is 4.98 Å². The molecule has 0 saturated carbocycles. The van der Waals surface area contributed by atoms with E-state index in [0.29, 0.717) is 13.1 Å². The first kappa shape index (κ1) is 17.0. The summed E-state index contributed by atoms with van der Waals surface area (Å²) in [6, 6.07) is 17.9. The van der Waals surface area contributed by atoms with E-state index >= 15 is 0 Å². The molecule has 1 aliphatic rings. The molecule has 1 saturated heterocycles. The van der Waals surface area contributed by atoms with Gasteiger partial charge in [0.1, 0.15) is 5.82 Å². The van der Waals surface area contributed by atoms with E-state index in [2.05, 4.69) is 46.0 Å². The van der Waals surface area contributed by atoms with E-state index in [1.807, 2.05) is 41.3 Å². The molecule has 3 aromatic rings. The third-order valence-electron chi connectivity index (χ3n) is 4.89. The Bertz CT molecular complexity index is 947. The number of carbonyl (C=O) groups excluding carboxylic acids is 1. The van der Waals surface area contributed by atoms with Crippen molar-refractivity contribution < 1.29 is 4.79 Å². The Labute approximate surface area is 161 Å². The van der Waals surface area contributed by atoms with Crippen LogP contribution in [-0.2, 0) is 0 Å². The Morgan fingerprint density at radius 2 is 1.69 bits per heavy atom. The Balaban J connectivity index is 1.48. The highest BCUT2D eigenvalue weighted by Gasteiger charge is 2.23. The second-order valence-corrected chi connectivity index (χ2v) is 7.52. The van der Waals surface area contributed by atoms with Crippen LogP contribution in [0.15, 0.2) is 59.1 Å². The van der Waals surface area contributed by atoms with Crippen molar-refractivity contribution in [2.24, 2.45) is 0 Å². The van der Waals surface area contributed by atoms with Crippen molar-refractivity contribution in [1.29, 1.82) is 0 Å². The number of halogens is 1. The zero-order valence-corrected chi connectivity index (χ0v) is 16.2. The molecule has 26 heavy (non-hydrogen) atoms. The molecular weight excluding hydrogens is 390 g/mol. The van der Waals surface area contributed by atoms with Gasteiger partial charge >= 0.3 is 0 Å². The van der Waals surface area contributed by atoms with Crippen molar-refractivity contribution in [1.82, 2.24) is 9.88 Å². The predicted octanol–water partition coefficient (Wildman–Crippen LogP) is 4.27. The number of anilines is 1. The molecule has 1 fully saturated rings. The molecule has 0 N–H and O–H groups in total. The van der Waals surface area contributed by atoms with Gasteiger partial charge in [0.2, 0.25) is 0 Å².